The second-order valence-electron chi connectivity index (χ2n) is 6.22. The zero-order chi connectivity index (χ0) is 20.3. The Morgan fingerprint density at radius 2 is 2.07 bits per heavy atom. The third kappa shape index (κ3) is 2.84. The van der Waals surface area contributed by atoms with E-state index in [-0.39, 0.29) is 15.5 Å². The summed E-state index contributed by atoms with van der Waals surface area (Å²) >= 11 is 8.55. The molecule has 1 amide bonds. The number of aryl methyl sites for hydroxylation is 1. The van der Waals surface area contributed by atoms with Gasteiger partial charge in [0.2, 0.25) is 0 Å². The van der Waals surface area contributed by atoms with E-state index in [9.17, 15) is 13.2 Å². The lowest BCUT2D eigenvalue weighted by molar-refractivity contribution is 0.102. The number of amides is 1. The summed E-state index contributed by atoms with van der Waals surface area (Å²) in [7, 11) is -3.89. The minimum absolute atomic E-state index is 0.0131. The number of hydrogen-bond acceptors (Lipinski definition) is 8. The maximum atomic E-state index is 13.1. The van der Waals surface area contributed by atoms with Crippen molar-refractivity contribution < 1.29 is 13.2 Å². The number of carbonyl (C=O) groups is 1. The Bertz CT molecular complexity index is 1430. The molecule has 0 radical (unpaired) electrons. The number of nitrogens with zero attached hydrogens (tertiary/aromatic N) is 4. The summed E-state index contributed by atoms with van der Waals surface area (Å²) in [4.78, 5) is 17.5. The van der Waals surface area contributed by atoms with Gasteiger partial charge in [-0.3, -0.25) is 4.79 Å². The lowest BCUT2D eigenvalue weighted by Crippen LogP contribution is -2.21. The Labute approximate surface area is 178 Å². The van der Waals surface area contributed by atoms with E-state index in [1.54, 1.807) is 25.1 Å². The average molecular weight is 464 g/mol. The molecule has 1 aliphatic rings. The van der Waals surface area contributed by atoms with E-state index in [1.807, 2.05) is 0 Å². The minimum atomic E-state index is -3.89. The van der Waals surface area contributed by atoms with Crippen LogP contribution in [0.3, 0.4) is 0 Å². The molecule has 0 fully saturated rings. The summed E-state index contributed by atoms with van der Waals surface area (Å²) in [5, 5.41) is 3.23. The molecule has 1 aliphatic heterocycles. The largest absolute Gasteiger partial charge is 0.320 e. The summed E-state index contributed by atoms with van der Waals surface area (Å²) in [5.41, 5.74) is 2.23. The summed E-state index contributed by atoms with van der Waals surface area (Å²) < 4.78 is 35.6. The van der Waals surface area contributed by atoms with E-state index in [1.165, 1.54) is 30.1 Å². The Hall–Kier alpha value is -2.47. The van der Waals surface area contributed by atoms with Gasteiger partial charge in [-0.25, -0.2) is 17.4 Å². The first-order valence-electron chi connectivity index (χ1n) is 8.20. The predicted molar refractivity (Wildman–Crippen MR) is 110 cm³/mol. The van der Waals surface area contributed by atoms with Crippen molar-refractivity contribution in [3.8, 4) is 0 Å². The molecule has 3 heterocycles. The number of fused-ring (bicyclic) bond motifs is 3. The van der Waals surface area contributed by atoms with Crippen LogP contribution in [0.1, 0.15) is 16.1 Å². The Balaban J connectivity index is 1.59. The number of hydrogen-bond donors (Lipinski definition) is 1. The summed E-state index contributed by atoms with van der Waals surface area (Å²) in [5.74, 6) is -0.536. The van der Waals surface area contributed by atoms with Crippen LogP contribution in [0, 0.1) is 6.92 Å². The van der Waals surface area contributed by atoms with E-state index in [2.05, 4.69) is 19.0 Å². The third-order valence-electron chi connectivity index (χ3n) is 4.39. The lowest BCUT2D eigenvalue weighted by atomic mass is 10.2. The number of imidazole rings is 1. The van der Waals surface area contributed by atoms with Gasteiger partial charge in [0, 0.05) is 4.90 Å². The zero-order valence-corrected chi connectivity index (χ0v) is 17.8. The molecule has 0 unspecified atom stereocenters. The molecule has 5 rings (SSSR count). The highest BCUT2D eigenvalue weighted by atomic mass is 35.5. The molecular weight excluding hydrogens is 454 g/mol. The average Bonchev–Trinajstić information content (AvgIpc) is 3.29. The first-order valence-corrected chi connectivity index (χ1v) is 11.6. The molecular formula is C17H10ClN5O3S3. The van der Waals surface area contributed by atoms with Gasteiger partial charge >= 0.3 is 0 Å². The standard InChI is InChI=1S/C17H10ClN5O3S3/c1-8-7-19-17-23(8)29(25,26)14-5-9(10(18)6-13(14)27-17)16(24)20-11-3-2-4-12-15(11)22-28-21-12/h2-7H,1H3,(H,20,24). The van der Waals surface area contributed by atoms with Crippen LogP contribution >= 0.6 is 35.1 Å². The fourth-order valence-corrected chi connectivity index (χ4v) is 7.08. The van der Waals surface area contributed by atoms with Gasteiger partial charge < -0.3 is 5.32 Å². The quantitative estimate of drug-likeness (QED) is 0.424. The van der Waals surface area contributed by atoms with Gasteiger partial charge in [-0.1, -0.05) is 17.7 Å². The van der Waals surface area contributed by atoms with Gasteiger partial charge in [0.15, 0.2) is 5.16 Å². The number of rotatable bonds is 2. The van der Waals surface area contributed by atoms with Crippen molar-refractivity contribution in [3.05, 3.63) is 52.8 Å². The van der Waals surface area contributed by atoms with E-state index in [0.29, 0.717) is 32.5 Å². The predicted octanol–water partition coefficient (Wildman–Crippen LogP) is 3.80. The van der Waals surface area contributed by atoms with Gasteiger partial charge in [-0.2, -0.15) is 8.75 Å². The van der Waals surface area contributed by atoms with Crippen LogP contribution in [0.15, 0.2) is 51.5 Å². The Morgan fingerprint density at radius 3 is 2.90 bits per heavy atom. The molecule has 2 aromatic carbocycles. The summed E-state index contributed by atoms with van der Waals surface area (Å²) in [6.07, 6.45) is 1.49. The van der Waals surface area contributed by atoms with Crippen molar-refractivity contribution in [2.24, 2.45) is 0 Å². The Kier molecular flexibility index (Phi) is 4.17. The molecule has 0 saturated heterocycles. The molecule has 0 aliphatic carbocycles. The fourth-order valence-electron chi connectivity index (χ4n) is 3.05. The van der Waals surface area contributed by atoms with E-state index in [0.717, 1.165) is 15.7 Å². The topological polar surface area (TPSA) is 107 Å². The second kappa shape index (κ2) is 6.52. The van der Waals surface area contributed by atoms with Gasteiger partial charge in [0.1, 0.15) is 15.9 Å². The molecule has 0 saturated carbocycles. The van der Waals surface area contributed by atoms with Gasteiger partial charge in [-0.05, 0) is 43.0 Å². The minimum Gasteiger partial charge on any atom is -0.320 e. The number of anilines is 1. The molecule has 146 valence electrons. The van der Waals surface area contributed by atoms with Crippen molar-refractivity contribution >= 4 is 67.7 Å². The smallest absolute Gasteiger partial charge is 0.271 e. The van der Waals surface area contributed by atoms with Crippen molar-refractivity contribution in [2.45, 2.75) is 21.9 Å². The van der Waals surface area contributed by atoms with Crippen LogP contribution in [0.4, 0.5) is 5.69 Å². The SMILES string of the molecule is Cc1cnc2n1S(=O)(=O)c1cc(C(=O)Nc3cccc4nsnc34)c(Cl)cc1S2. The molecule has 0 spiro atoms. The van der Waals surface area contributed by atoms with Gasteiger partial charge in [0.05, 0.1) is 39.9 Å². The number of halogens is 1. The van der Waals surface area contributed by atoms with Crippen LogP contribution < -0.4 is 5.32 Å². The van der Waals surface area contributed by atoms with Crippen LogP contribution in [0.25, 0.3) is 11.0 Å². The molecule has 8 nitrogen and oxygen atoms in total. The Morgan fingerprint density at radius 1 is 1.24 bits per heavy atom. The van der Waals surface area contributed by atoms with Gasteiger partial charge in [0.25, 0.3) is 15.9 Å². The fraction of sp³-hybridized carbons (Fsp3) is 0.0588. The first kappa shape index (κ1) is 18.6. The lowest BCUT2D eigenvalue weighted by Gasteiger charge is -2.20. The number of nitrogens with one attached hydrogen (secondary N) is 1. The maximum Gasteiger partial charge on any atom is 0.271 e. The highest BCUT2D eigenvalue weighted by molar-refractivity contribution is 8.01. The molecule has 0 bridgehead atoms. The molecule has 0 atom stereocenters. The van der Waals surface area contributed by atoms with Crippen LogP contribution in [0.5, 0.6) is 0 Å². The van der Waals surface area contributed by atoms with Crippen molar-refractivity contribution in [3.63, 3.8) is 0 Å². The van der Waals surface area contributed by atoms with E-state index in [4.69, 9.17) is 11.6 Å². The first-order chi connectivity index (χ1) is 13.9. The highest BCUT2D eigenvalue weighted by Gasteiger charge is 2.33. The van der Waals surface area contributed by atoms with Crippen molar-refractivity contribution in [1.82, 2.24) is 17.7 Å². The van der Waals surface area contributed by atoms with Crippen molar-refractivity contribution in [2.75, 3.05) is 5.32 Å². The van der Waals surface area contributed by atoms with Crippen LogP contribution in [-0.4, -0.2) is 32.0 Å². The van der Waals surface area contributed by atoms with E-state index >= 15 is 0 Å². The van der Waals surface area contributed by atoms with Crippen LogP contribution in [0.2, 0.25) is 5.02 Å². The summed E-state index contributed by atoms with van der Waals surface area (Å²) in [6, 6.07) is 8.01. The number of carbonyl (C=O) groups excluding carboxylic acids is 1. The highest BCUT2D eigenvalue weighted by Crippen LogP contribution is 2.42. The molecule has 1 N–H and O–H groups in total. The normalized spacial score (nSPS) is 14.4. The molecule has 2 aromatic heterocycles. The molecule has 12 heteroatoms. The number of benzene rings is 2. The summed E-state index contributed by atoms with van der Waals surface area (Å²) in [6.45, 7) is 1.66. The third-order valence-corrected chi connectivity index (χ3v) is 8.35. The van der Waals surface area contributed by atoms with E-state index < -0.39 is 15.9 Å². The monoisotopic (exact) mass is 463 g/mol. The maximum absolute atomic E-state index is 13.1. The van der Waals surface area contributed by atoms with Crippen LogP contribution in [-0.2, 0) is 10.0 Å². The molecule has 29 heavy (non-hydrogen) atoms. The van der Waals surface area contributed by atoms with Gasteiger partial charge in [-0.15, -0.1) is 0 Å². The number of aromatic nitrogens is 4. The second-order valence-corrected chi connectivity index (χ2v) is 9.92. The van der Waals surface area contributed by atoms with Crippen molar-refractivity contribution in [1.29, 1.82) is 0 Å². The molecule has 4 aromatic rings. The zero-order valence-electron chi connectivity index (χ0n) is 14.6.